The van der Waals surface area contributed by atoms with Gasteiger partial charge in [0.1, 0.15) is 24.1 Å². The molecule has 1 fully saturated rings. The fraction of sp³-hybridized carbons (Fsp3) is 0.429. The monoisotopic (exact) mass is 494 g/mol. The van der Waals surface area contributed by atoms with Crippen LogP contribution in [0.25, 0.3) is 0 Å². The van der Waals surface area contributed by atoms with Gasteiger partial charge in [-0.15, -0.1) is 0 Å². The molecule has 14 heteroatoms. The third-order valence-corrected chi connectivity index (χ3v) is 5.93. The number of phenolic OH excluding ortho intramolecular Hbond substituents is 1. The maximum absolute atomic E-state index is 12.7. The number of aliphatic hydroxyl groups excluding tert-OH is 3. The predicted octanol–water partition coefficient (Wildman–Crippen LogP) is -2.42. The molecule has 190 valence electrons. The molecule has 14 nitrogen and oxygen atoms in total. The number of nitrogens with one attached hydrogen (secondary N) is 2. The maximum atomic E-state index is 12.7. The van der Waals surface area contributed by atoms with Gasteiger partial charge >= 0.3 is 11.7 Å². The van der Waals surface area contributed by atoms with Gasteiger partial charge in [-0.25, -0.2) is 9.59 Å². The maximum Gasteiger partial charge on any atom is 0.329 e. The van der Waals surface area contributed by atoms with Crippen molar-refractivity contribution < 1.29 is 44.7 Å². The van der Waals surface area contributed by atoms with E-state index < -0.39 is 66.2 Å². The van der Waals surface area contributed by atoms with Crippen LogP contribution in [0.2, 0.25) is 0 Å². The van der Waals surface area contributed by atoms with E-state index in [1.807, 2.05) is 0 Å². The van der Waals surface area contributed by atoms with Crippen LogP contribution in [0.15, 0.2) is 35.3 Å². The third kappa shape index (κ3) is 5.26. The molecule has 8 atom stereocenters. The summed E-state index contributed by atoms with van der Waals surface area (Å²) in [5, 5.41) is 52.5. The summed E-state index contributed by atoms with van der Waals surface area (Å²) in [6, 6.07) is 2.26. The van der Waals surface area contributed by atoms with Crippen molar-refractivity contribution in [1.82, 2.24) is 14.9 Å². The summed E-state index contributed by atoms with van der Waals surface area (Å²) in [7, 11) is 0. The van der Waals surface area contributed by atoms with Crippen LogP contribution in [0.3, 0.4) is 0 Å². The summed E-state index contributed by atoms with van der Waals surface area (Å²) >= 11 is 0. The average molecular weight is 494 g/mol. The molecular formula is C21H26N4O10. The lowest BCUT2D eigenvalue weighted by atomic mass is 9.90. The number of aromatic nitrogens is 2. The number of carboxylic acid groups (broad SMARTS) is 1. The summed E-state index contributed by atoms with van der Waals surface area (Å²) < 4.78 is 6.20. The lowest BCUT2D eigenvalue weighted by Gasteiger charge is -2.28. The second kappa shape index (κ2) is 10.4. The van der Waals surface area contributed by atoms with E-state index in [-0.39, 0.29) is 11.4 Å². The van der Waals surface area contributed by atoms with Crippen molar-refractivity contribution in [2.24, 2.45) is 11.7 Å². The Kier molecular flexibility index (Phi) is 7.72. The normalized spacial score (nSPS) is 25.4. The molecule has 2 aromatic rings. The summed E-state index contributed by atoms with van der Waals surface area (Å²) in [4.78, 5) is 49.7. The van der Waals surface area contributed by atoms with Crippen LogP contribution < -0.4 is 16.7 Å². The highest BCUT2D eigenvalue weighted by Crippen LogP contribution is 2.31. The van der Waals surface area contributed by atoms with Gasteiger partial charge in [-0.2, -0.15) is 0 Å². The topological polar surface area (TPSA) is 237 Å². The number of carboxylic acids is 1. The number of aliphatic carboxylic acids is 1. The minimum atomic E-state index is -1.89. The summed E-state index contributed by atoms with van der Waals surface area (Å²) in [6.07, 6.45) is -6.71. The van der Waals surface area contributed by atoms with E-state index >= 15 is 0 Å². The number of H-pyrrole nitrogens is 1. The molecule has 1 amide bonds. The number of nitrogens with zero attached hydrogens (tertiary/aromatic N) is 1. The Labute approximate surface area is 197 Å². The lowest BCUT2D eigenvalue weighted by molar-refractivity contribution is -0.149. The fourth-order valence-electron chi connectivity index (χ4n) is 3.81. The van der Waals surface area contributed by atoms with Crippen LogP contribution >= 0.6 is 0 Å². The van der Waals surface area contributed by atoms with Gasteiger partial charge in [-0.05, 0) is 17.7 Å². The van der Waals surface area contributed by atoms with Crippen molar-refractivity contribution >= 4 is 18.2 Å². The highest BCUT2D eigenvalue weighted by atomic mass is 16.6. The van der Waals surface area contributed by atoms with Crippen LogP contribution in [0, 0.1) is 5.92 Å². The average Bonchev–Trinajstić information content (AvgIpc) is 3.34. The zero-order valence-electron chi connectivity index (χ0n) is 18.4. The van der Waals surface area contributed by atoms with E-state index in [0.717, 1.165) is 10.8 Å². The van der Waals surface area contributed by atoms with E-state index in [1.165, 1.54) is 31.2 Å². The number of ether oxygens (including phenoxy) is 1. The van der Waals surface area contributed by atoms with Gasteiger partial charge in [0.15, 0.2) is 18.6 Å². The van der Waals surface area contributed by atoms with Crippen molar-refractivity contribution in [3.63, 3.8) is 0 Å². The van der Waals surface area contributed by atoms with Crippen LogP contribution in [0.4, 0.5) is 0 Å². The van der Waals surface area contributed by atoms with Crippen molar-refractivity contribution in [2.45, 2.75) is 49.7 Å². The van der Waals surface area contributed by atoms with Crippen molar-refractivity contribution in [3.8, 4) is 5.75 Å². The quantitative estimate of drug-likeness (QED) is 0.171. The number of rotatable bonds is 9. The Morgan fingerprint density at radius 1 is 1.23 bits per heavy atom. The summed E-state index contributed by atoms with van der Waals surface area (Å²) in [5.41, 5.74) is 5.32. The van der Waals surface area contributed by atoms with Crippen molar-refractivity contribution in [2.75, 3.05) is 0 Å². The third-order valence-electron chi connectivity index (χ3n) is 5.93. The molecule has 4 unspecified atom stereocenters. The van der Waals surface area contributed by atoms with Gasteiger partial charge < -0.3 is 46.3 Å². The van der Waals surface area contributed by atoms with E-state index in [2.05, 4.69) is 10.3 Å². The van der Waals surface area contributed by atoms with E-state index in [1.54, 1.807) is 0 Å². The highest BCUT2D eigenvalue weighted by Gasteiger charge is 2.50. The Morgan fingerprint density at radius 2 is 1.86 bits per heavy atom. The summed E-state index contributed by atoms with van der Waals surface area (Å²) in [6.45, 7) is 1.46. The van der Waals surface area contributed by atoms with E-state index in [9.17, 15) is 44.7 Å². The Morgan fingerprint density at radius 3 is 2.40 bits per heavy atom. The van der Waals surface area contributed by atoms with E-state index in [4.69, 9.17) is 10.5 Å². The zero-order valence-corrected chi connectivity index (χ0v) is 18.4. The lowest BCUT2D eigenvalue weighted by Crippen LogP contribution is -2.57. The van der Waals surface area contributed by atoms with Crippen molar-refractivity contribution in [3.05, 3.63) is 52.2 Å². The predicted molar refractivity (Wildman–Crippen MR) is 116 cm³/mol. The molecule has 35 heavy (non-hydrogen) atoms. The number of aromatic amines is 1. The fourth-order valence-corrected chi connectivity index (χ4v) is 3.81. The van der Waals surface area contributed by atoms with Gasteiger partial charge in [0, 0.05) is 12.1 Å². The standard InChI is InChI=1S/C21H26N4O10/c1-8(14(28)9-2-4-11(27)5-3-9)12(22)18(31)24-13(20(32)33)17-15(29)16(30)19(35-17)25-6-10(7-26)23-21(25)34/h2-8,12-17,19,27-30H,22H2,1H3,(H,23,34)(H,24,31)(H,32,33)/t8?,12?,13?,14?,15-,16+,17+,19+/m0/s1. The largest absolute Gasteiger partial charge is 0.508 e. The van der Waals surface area contributed by atoms with Gasteiger partial charge in [0.25, 0.3) is 0 Å². The number of aromatic hydroxyl groups is 1. The molecule has 0 saturated carbocycles. The smallest absolute Gasteiger partial charge is 0.329 e. The van der Waals surface area contributed by atoms with Crippen LogP contribution in [-0.4, -0.2) is 83.6 Å². The van der Waals surface area contributed by atoms with Crippen LogP contribution in [0.5, 0.6) is 5.75 Å². The Balaban J connectivity index is 1.75. The van der Waals surface area contributed by atoms with Gasteiger partial charge in [-0.1, -0.05) is 19.1 Å². The first-order valence-corrected chi connectivity index (χ1v) is 10.5. The van der Waals surface area contributed by atoms with Gasteiger partial charge in [-0.3, -0.25) is 14.2 Å². The van der Waals surface area contributed by atoms with Crippen LogP contribution in [-0.2, 0) is 14.3 Å². The zero-order chi connectivity index (χ0) is 26.0. The molecule has 0 spiro atoms. The number of benzene rings is 1. The Bertz CT molecular complexity index is 1130. The molecule has 1 aromatic heterocycles. The molecule has 3 rings (SSSR count). The number of aliphatic hydroxyl groups is 3. The molecule has 0 aliphatic carbocycles. The van der Waals surface area contributed by atoms with Crippen LogP contribution in [0.1, 0.15) is 35.3 Å². The minimum absolute atomic E-state index is 0.0279. The second-order valence-electron chi connectivity index (χ2n) is 8.26. The summed E-state index contributed by atoms with van der Waals surface area (Å²) in [5.74, 6) is -3.54. The Hall–Kier alpha value is -3.56. The molecule has 2 heterocycles. The number of amides is 1. The molecule has 1 saturated heterocycles. The highest BCUT2D eigenvalue weighted by molar-refractivity contribution is 5.87. The van der Waals surface area contributed by atoms with Gasteiger partial charge in [0.2, 0.25) is 5.91 Å². The molecule has 9 N–H and O–H groups in total. The SMILES string of the molecule is CC(C(N)C(=O)NC(C(=O)O)[C@H]1O[C@@H](n2cc(C=O)[nH]c2=O)[C@H](O)[C@@H]1O)C(O)c1ccc(O)cc1. The van der Waals surface area contributed by atoms with Gasteiger partial charge in [0.05, 0.1) is 17.8 Å². The number of carbonyl (C=O) groups is 3. The first-order chi connectivity index (χ1) is 16.5. The number of carbonyl (C=O) groups excluding carboxylic acids is 2. The molecular weight excluding hydrogens is 468 g/mol. The number of imidazole rings is 1. The number of hydrogen-bond acceptors (Lipinski definition) is 10. The minimum Gasteiger partial charge on any atom is -0.508 e. The number of nitrogens with two attached hydrogens (primary N) is 1. The number of aldehydes is 1. The number of phenols is 1. The molecule has 1 aliphatic heterocycles. The van der Waals surface area contributed by atoms with Crippen molar-refractivity contribution in [1.29, 1.82) is 0 Å². The molecule has 1 aliphatic rings. The van der Waals surface area contributed by atoms with E-state index in [0.29, 0.717) is 11.8 Å². The number of hydrogen-bond donors (Lipinski definition) is 8. The molecule has 1 aromatic carbocycles. The molecule has 0 bridgehead atoms. The first kappa shape index (κ1) is 26.1. The second-order valence-corrected chi connectivity index (χ2v) is 8.26. The molecule has 0 radical (unpaired) electrons. The first-order valence-electron chi connectivity index (χ1n) is 10.5.